The van der Waals surface area contributed by atoms with E-state index in [4.69, 9.17) is 0 Å². The van der Waals surface area contributed by atoms with Crippen LogP contribution in [0.4, 0.5) is 0 Å². The summed E-state index contributed by atoms with van der Waals surface area (Å²) < 4.78 is 0. The summed E-state index contributed by atoms with van der Waals surface area (Å²) >= 11 is 0. The van der Waals surface area contributed by atoms with Gasteiger partial charge in [-0.2, -0.15) is 0 Å². The van der Waals surface area contributed by atoms with Gasteiger partial charge in [-0.3, -0.25) is 9.59 Å². The summed E-state index contributed by atoms with van der Waals surface area (Å²) in [5.41, 5.74) is 3.84. The topological polar surface area (TPSA) is 49.4 Å². The highest BCUT2D eigenvalue weighted by Crippen LogP contribution is 2.32. The molecule has 0 spiro atoms. The summed E-state index contributed by atoms with van der Waals surface area (Å²) in [5.74, 6) is -0.237. The molecule has 0 aromatic heterocycles. The molecule has 0 saturated heterocycles. The Kier molecular flexibility index (Phi) is 5.40. The molecule has 1 atom stereocenters. The summed E-state index contributed by atoms with van der Waals surface area (Å²) in [6.07, 6.45) is 0.487. The van der Waals surface area contributed by atoms with Crippen molar-refractivity contribution in [3.8, 4) is 0 Å². The Labute approximate surface area is 177 Å². The maximum Gasteiger partial charge on any atom is 0.255 e. The van der Waals surface area contributed by atoms with Crippen molar-refractivity contribution in [1.29, 1.82) is 0 Å². The third-order valence-corrected chi connectivity index (χ3v) is 6.00. The zero-order valence-electron chi connectivity index (χ0n) is 17.4. The lowest BCUT2D eigenvalue weighted by atomic mass is 9.82. The van der Waals surface area contributed by atoms with E-state index >= 15 is 0 Å². The predicted molar refractivity (Wildman–Crippen MR) is 118 cm³/mol. The molecule has 0 saturated carbocycles. The lowest BCUT2D eigenvalue weighted by molar-refractivity contribution is -0.132. The first-order chi connectivity index (χ1) is 14.5. The van der Waals surface area contributed by atoms with Crippen molar-refractivity contribution >= 4 is 11.8 Å². The summed E-state index contributed by atoms with van der Waals surface area (Å²) in [4.78, 5) is 28.6. The second kappa shape index (κ2) is 8.15. The first-order valence-corrected chi connectivity index (χ1v) is 10.3. The van der Waals surface area contributed by atoms with Gasteiger partial charge < -0.3 is 10.2 Å². The molecule has 1 aliphatic heterocycles. The van der Waals surface area contributed by atoms with Crippen LogP contribution in [0.5, 0.6) is 0 Å². The highest BCUT2D eigenvalue weighted by molar-refractivity contribution is 6.02. The van der Waals surface area contributed by atoms with E-state index in [0.29, 0.717) is 25.1 Å². The van der Waals surface area contributed by atoms with Gasteiger partial charge in [0, 0.05) is 25.1 Å². The average molecular weight is 399 g/mol. The fourth-order valence-electron chi connectivity index (χ4n) is 4.11. The Morgan fingerprint density at radius 2 is 1.63 bits per heavy atom. The minimum atomic E-state index is -0.968. The number of hydrogen-bond acceptors (Lipinski definition) is 2. The fraction of sp³-hybridized carbons (Fsp3) is 0.231. The van der Waals surface area contributed by atoms with Crippen LogP contribution in [-0.4, -0.2) is 22.3 Å². The van der Waals surface area contributed by atoms with E-state index in [1.54, 1.807) is 4.90 Å². The van der Waals surface area contributed by atoms with Crippen molar-refractivity contribution in [1.82, 2.24) is 10.2 Å². The van der Waals surface area contributed by atoms with Gasteiger partial charge in [0.25, 0.3) is 5.91 Å². The van der Waals surface area contributed by atoms with Crippen LogP contribution < -0.4 is 5.32 Å². The highest BCUT2D eigenvalue weighted by atomic mass is 16.2. The van der Waals surface area contributed by atoms with E-state index in [1.807, 2.05) is 92.7 Å². The molecule has 4 rings (SSSR count). The van der Waals surface area contributed by atoms with Gasteiger partial charge in [0.05, 0.1) is 0 Å². The van der Waals surface area contributed by atoms with Crippen LogP contribution in [0.2, 0.25) is 0 Å². The molecule has 0 fully saturated rings. The molecule has 0 bridgehead atoms. The number of rotatable bonds is 5. The molecule has 0 radical (unpaired) electrons. The van der Waals surface area contributed by atoms with Crippen molar-refractivity contribution in [2.24, 2.45) is 0 Å². The molecule has 3 aromatic carbocycles. The summed E-state index contributed by atoms with van der Waals surface area (Å²) in [6.45, 7) is 4.74. The van der Waals surface area contributed by atoms with E-state index in [9.17, 15) is 9.59 Å². The Bertz CT molecular complexity index is 1080. The lowest BCUT2D eigenvalue weighted by Crippen LogP contribution is -2.62. The molecule has 1 unspecified atom stereocenters. The van der Waals surface area contributed by atoms with Gasteiger partial charge in [0.1, 0.15) is 5.54 Å². The van der Waals surface area contributed by atoms with Crippen molar-refractivity contribution in [2.45, 2.75) is 38.9 Å². The molecular formula is C26H26N2O2. The van der Waals surface area contributed by atoms with Crippen molar-refractivity contribution < 1.29 is 9.59 Å². The van der Waals surface area contributed by atoms with Crippen LogP contribution in [0.1, 0.15) is 39.5 Å². The molecule has 4 nitrogen and oxygen atoms in total. The van der Waals surface area contributed by atoms with Crippen LogP contribution in [0, 0.1) is 6.92 Å². The number of benzene rings is 3. The van der Waals surface area contributed by atoms with Gasteiger partial charge in [-0.1, -0.05) is 72.8 Å². The number of nitrogens with zero attached hydrogens (tertiary/aromatic N) is 1. The zero-order valence-corrected chi connectivity index (χ0v) is 17.4. The van der Waals surface area contributed by atoms with Gasteiger partial charge in [-0.25, -0.2) is 0 Å². The van der Waals surface area contributed by atoms with Crippen molar-refractivity contribution in [2.75, 3.05) is 0 Å². The van der Waals surface area contributed by atoms with Crippen LogP contribution in [-0.2, 0) is 24.3 Å². The third-order valence-electron chi connectivity index (χ3n) is 6.00. The quantitative estimate of drug-likeness (QED) is 0.698. The number of carbonyl (C=O) groups excluding carboxylic acids is 2. The van der Waals surface area contributed by atoms with E-state index in [2.05, 4.69) is 5.32 Å². The average Bonchev–Trinajstić information content (AvgIpc) is 2.76. The molecule has 3 aromatic rings. The third kappa shape index (κ3) is 3.73. The predicted octanol–water partition coefficient (Wildman–Crippen LogP) is 4.27. The van der Waals surface area contributed by atoms with Crippen LogP contribution in [0.3, 0.4) is 0 Å². The van der Waals surface area contributed by atoms with Gasteiger partial charge in [-0.15, -0.1) is 0 Å². The smallest absolute Gasteiger partial charge is 0.255 e. The standard InChI is InChI=1S/C26H26N2O2/c1-19-10-6-7-14-22(19)17-27-25(30)26(2)16-21-13-8-9-15-23(21)24(29)28(26)18-20-11-4-3-5-12-20/h3-15H,16-18H2,1-2H3,(H,27,30). The molecule has 1 N–H and O–H groups in total. The minimum absolute atomic E-state index is 0.103. The molecule has 30 heavy (non-hydrogen) atoms. The molecule has 2 amide bonds. The van der Waals surface area contributed by atoms with Crippen LogP contribution in [0.25, 0.3) is 0 Å². The molecule has 1 aliphatic rings. The van der Waals surface area contributed by atoms with Crippen LogP contribution >= 0.6 is 0 Å². The van der Waals surface area contributed by atoms with Crippen molar-refractivity contribution in [3.63, 3.8) is 0 Å². The second-order valence-electron chi connectivity index (χ2n) is 8.09. The Balaban J connectivity index is 1.65. The highest BCUT2D eigenvalue weighted by Gasteiger charge is 2.46. The molecule has 0 aliphatic carbocycles. The van der Waals surface area contributed by atoms with E-state index < -0.39 is 5.54 Å². The van der Waals surface area contributed by atoms with E-state index in [0.717, 1.165) is 22.3 Å². The lowest BCUT2D eigenvalue weighted by Gasteiger charge is -2.44. The zero-order chi connectivity index (χ0) is 21.1. The first kappa shape index (κ1) is 19.9. The number of amides is 2. The number of hydrogen-bond donors (Lipinski definition) is 1. The Hall–Kier alpha value is -3.40. The van der Waals surface area contributed by atoms with E-state index in [1.165, 1.54) is 0 Å². The SMILES string of the molecule is Cc1ccccc1CNC(=O)C1(C)Cc2ccccc2C(=O)N1Cc1ccccc1. The number of nitrogens with one attached hydrogen (secondary N) is 1. The summed E-state index contributed by atoms with van der Waals surface area (Å²) in [5, 5.41) is 3.08. The largest absolute Gasteiger partial charge is 0.350 e. The second-order valence-corrected chi connectivity index (χ2v) is 8.09. The number of aryl methyl sites for hydroxylation is 1. The molecule has 1 heterocycles. The molecule has 4 heteroatoms. The minimum Gasteiger partial charge on any atom is -0.350 e. The number of carbonyl (C=O) groups is 2. The normalized spacial score (nSPS) is 18.1. The maximum atomic E-state index is 13.5. The monoisotopic (exact) mass is 398 g/mol. The van der Waals surface area contributed by atoms with Crippen LogP contribution in [0.15, 0.2) is 78.9 Å². The van der Waals surface area contributed by atoms with Gasteiger partial charge in [0.15, 0.2) is 0 Å². The number of fused-ring (bicyclic) bond motifs is 1. The first-order valence-electron chi connectivity index (χ1n) is 10.3. The summed E-state index contributed by atoms with van der Waals surface area (Å²) in [7, 11) is 0. The van der Waals surface area contributed by atoms with Gasteiger partial charge in [0.2, 0.25) is 5.91 Å². The van der Waals surface area contributed by atoms with Gasteiger partial charge in [-0.05, 0) is 42.2 Å². The molecular weight excluding hydrogens is 372 g/mol. The Morgan fingerprint density at radius 1 is 0.967 bits per heavy atom. The van der Waals surface area contributed by atoms with Gasteiger partial charge >= 0.3 is 0 Å². The Morgan fingerprint density at radius 3 is 2.40 bits per heavy atom. The van der Waals surface area contributed by atoms with E-state index in [-0.39, 0.29) is 11.8 Å². The maximum absolute atomic E-state index is 13.5. The van der Waals surface area contributed by atoms with Crippen molar-refractivity contribution in [3.05, 3.63) is 107 Å². The summed E-state index contributed by atoms with van der Waals surface area (Å²) in [6, 6.07) is 25.4. The molecule has 152 valence electrons. The fourth-order valence-corrected chi connectivity index (χ4v) is 4.11.